The van der Waals surface area contributed by atoms with Crippen LogP contribution in [0.15, 0.2) is 24.3 Å². The molecule has 0 spiro atoms. The van der Waals surface area contributed by atoms with Crippen molar-refractivity contribution in [2.24, 2.45) is 5.73 Å². The standard InChI is InChI=1S/C13H16ClNO/c14-11-5-3-4-10(8-11)9-12(16)13(15)6-1-2-7-13/h3-5,8H,1-2,6-7,9,15H2. The van der Waals surface area contributed by atoms with E-state index < -0.39 is 5.54 Å². The van der Waals surface area contributed by atoms with E-state index in [1.54, 1.807) is 0 Å². The Bertz CT molecular complexity index is 397. The van der Waals surface area contributed by atoms with Crippen molar-refractivity contribution in [3.8, 4) is 0 Å². The molecule has 0 amide bonds. The summed E-state index contributed by atoms with van der Waals surface area (Å²) >= 11 is 5.88. The van der Waals surface area contributed by atoms with Crippen LogP contribution in [0.2, 0.25) is 5.02 Å². The summed E-state index contributed by atoms with van der Waals surface area (Å²) in [5.74, 6) is 0.146. The maximum absolute atomic E-state index is 12.1. The van der Waals surface area contributed by atoms with E-state index in [0.717, 1.165) is 31.2 Å². The van der Waals surface area contributed by atoms with Crippen molar-refractivity contribution in [1.82, 2.24) is 0 Å². The molecule has 2 nitrogen and oxygen atoms in total. The highest BCUT2D eigenvalue weighted by molar-refractivity contribution is 6.30. The molecule has 1 fully saturated rings. The van der Waals surface area contributed by atoms with Crippen LogP contribution in [0.4, 0.5) is 0 Å². The second-order valence-electron chi connectivity index (χ2n) is 4.59. The first-order valence-electron chi connectivity index (χ1n) is 5.67. The van der Waals surface area contributed by atoms with Crippen LogP contribution in [0.25, 0.3) is 0 Å². The van der Waals surface area contributed by atoms with Gasteiger partial charge in [-0.05, 0) is 30.5 Å². The number of hydrogen-bond acceptors (Lipinski definition) is 2. The quantitative estimate of drug-likeness (QED) is 0.879. The molecule has 3 heteroatoms. The average molecular weight is 238 g/mol. The normalized spacial score (nSPS) is 18.6. The van der Waals surface area contributed by atoms with Gasteiger partial charge in [-0.1, -0.05) is 36.6 Å². The first-order chi connectivity index (χ1) is 7.60. The monoisotopic (exact) mass is 237 g/mol. The predicted octanol–water partition coefficient (Wildman–Crippen LogP) is 2.72. The summed E-state index contributed by atoms with van der Waals surface area (Å²) in [6.45, 7) is 0. The van der Waals surface area contributed by atoms with Gasteiger partial charge in [0.25, 0.3) is 0 Å². The van der Waals surface area contributed by atoms with Gasteiger partial charge < -0.3 is 5.73 Å². The topological polar surface area (TPSA) is 43.1 Å². The van der Waals surface area contributed by atoms with E-state index in [9.17, 15) is 4.79 Å². The highest BCUT2D eigenvalue weighted by Gasteiger charge is 2.36. The molecule has 1 aliphatic carbocycles. The van der Waals surface area contributed by atoms with Crippen molar-refractivity contribution >= 4 is 17.4 Å². The van der Waals surface area contributed by atoms with Gasteiger partial charge in [0.2, 0.25) is 0 Å². The summed E-state index contributed by atoms with van der Waals surface area (Å²) in [5.41, 5.74) is 6.48. The van der Waals surface area contributed by atoms with Gasteiger partial charge in [-0.2, -0.15) is 0 Å². The lowest BCUT2D eigenvalue weighted by Crippen LogP contribution is -2.46. The van der Waals surface area contributed by atoms with Gasteiger partial charge in [-0.25, -0.2) is 0 Å². The molecule has 0 heterocycles. The first-order valence-corrected chi connectivity index (χ1v) is 6.05. The Kier molecular flexibility index (Phi) is 3.31. The molecule has 1 aromatic rings. The molecular formula is C13H16ClNO. The molecular weight excluding hydrogens is 222 g/mol. The van der Waals surface area contributed by atoms with E-state index in [1.165, 1.54) is 0 Å². The zero-order chi connectivity index (χ0) is 11.6. The lowest BCUT2D eigenvalue weighted by Gasteiger charge is -2.21. The van der Waals surface area contributed by atoms with Crippen LogP contribution in [-0.2, 0) is 11.2 Å². The van der Waals surface area contributed by atoms with Gasteiger partial charge in [0.1, 0.15) is 0 Å². The number of carbonyl (C=O) groups is 1. The van der Waals surface area contributed by atoms with Crippen LogP contribution in [0, 0.1) is 0 Å². The number of nitrogens with two attached hydrogens (primary N) is 1. The number of Topliss-reactive ketones (excluding diaryl/α,β-unsaturated/α-hetero) is 1. The van der Waals surface area contributed by atoms with Crippen molar-refractivity contribution in [1.29, 1.82) is 0 Å². The molecule has 0 bridgehead atoms. The lowest BCUT2D eigenvalue weighted by atomic mass is 9.89. The number of rotatable bonds is 3. The summed E-state index contributed by atoms with van der Waals surface area (Å²) in [5, 5.41) is 0.669. The fraction of sp³-hybridized carbons (Fsp3) is 0.462. The molecule has 1 aromatic carbocycles. The summed E-state index contributed by atoms with van der Waals surface area (Å²) in [4.78, 5) is 12.1. The zero-order valence-corrected chi connectivity index (χ0v) is 9.96. The zero-order valence-electron chi connectivity index (χ0n) is 9.21. The molecule has 1 aliphatic rings. The Morgan fingerprint density at radius 3 is 2.69 bits per heavy atom. The van der Waals surface area contributed by atoms with Crippen LogP contribution < -0.4 is 5.73 Å². The minimum Gasteiger partial charge on any atom is -0.319 e. The number of benzene rings is 1. The second kappa shape index (κ2) is 4.56. The highest BCUT2D eigenvalue weighted by atomic mass is 35.5. The Labute approximate surface area is 101 Å². The van der Waals surface area contributed by atoms with Crippen molar-refractivity contribution < 1.29 is 4.79 Å². The van der Waals surface area contributed by atoms with Crippen LogP contribution >= 0.6 is 11.6 Å². The maximum atomic E-state index is 12.1. The molecule has 2 rings (SSSR count). The van der Waals surface area contributed by atoms with Gasteiger partial charge in [-0.15, -0.1) is 0 Å². The fourth-order valence-corrected chi connectivity index (χ4v) is 2.51. The molecule has 0 saturated heterocycles. The van der Waals surface area contributed by atoms with Crippen molar-refractivity contribution in [3.05, 3.63) is 34.9 Å². The van der Waals surface area contributed by atoms with Gasteiger partial charge in [0.15, 0.2) is 5.78 Å². The minimum absolute atomic E-state index is 0.146. The third kappa shape index (κ3) is 2.45. The van der Waals surface area contributed by atoms with Gasteiger partial charge >= 0.3 is 0 Å². The molecule has 86 valence electrons. The molecule has 2 N–H and O–H groups in total. The number of hydrogen-bond donors (Lipinski definition) is 1. The predicted molar refractivity (Wildman–Crippen MR) is 65.5 cm³/mol. The van der Waals surface area contributed by atoms with Crippen LogP contribution in [-0.4, -0.2) is 11.3 Å². The van der Waals surface area contributed by atoms with Gasteiger partial charge in [0, 0.05) is 11.4 Å². The lowest BCUT2D eigenvalue weighted by molar-refractivity contribution is -0.123. The van der Waals surface area contributed by atoms with E-state index in [-0.39, 0.29) is 5.78 Å². The molecule has 0 atom stereocenters. The van der Waals surface area contributed by atoms with Crippen LogP contribution in [0.3, 0.4) is 0 Å². The molecule has 0 radical (unpaired) electrons. The Hall–Kier alpha value is -0.860. The molecule has 0 aromatic heterocycles. The smallest absolute Gasteiger partial charge is 0.156 e. The van der Waals surface area contributed by atoms with Crippen molar-refractivity contribution in [2.75, 3.05) is 0 Å². The van der Waals surface area contributed by atoms with Gasteiger partial charge in [0.05, 0.1) is 5.54 Å². The second-order valence-corrected chi connectivity index (χ2v) is 5.03. The maximum Gasteiger partial charge on any atom is 0.156 e. The summed E-state index contributed by atoms with van der Waals surface area (Å²) < 4.78 is 0. The molecule has 16 heavy (non-hydrogen) atoms. The van der Waals surface area contributed by atoms with Crippen molar-refractivity contribution in [2.45, 2.75) is 37.6 Å². The number of carbonyl (C=O) groups excluding carboxylic acids is 1. The average Bonchev–Trinajstić information content (AvgIpc) is 2.66. The Morgan fingerprint density at radius 2 is 2.06 bits per heavy atom. The van der Waals surface area contributed by atoms with Crippen LogP contribution in [0.1, 0.15) is 31.2 Å². The summed E-state index contributed by atoms with van der Waals surface area (Å²) in [7, 11) is 0. The fourth-order valence-electron chi connectivity index (χ4n) is 2.29. The summed E-state index contributed by atoms with van der Waals surface area (Å²) in [6, 6.07) is 7.42. The van der Waals surface area contributed by atoms with Gasteiger partial charge in [-0.3, -0.25) is 4.79 Å². The summed E-state index contributed by atoms with van der Waals surface area (Å²) in [6.07, 6.45) is 4.19. The molecule has 0 unspecified atom stereocenters. The number of ketones is 1. The largest absolute Gasteiger partial charge is 0.319 e. The third-order valence-corrected chi connectivity index (χ3v) is 3.54. The number of halogens is 1. The highest BCUT2D eigenvalue weighted by Crippen LogP contribution is 2.29. The molecule has 0 aliphatic heterocycles. The first kappa shape index (κ1) is 11.6. The van der Waals surface area contributed by atoms with Crippen molar-refractivity contribution in [3.63, 3.8) is 0 Å². The molecule has 1 saturated carbocycles. The van der Waals surface area contributed by atoms with E-state index >= 15 is 0 Å². The third-order valence-electron chi connectivity index (χ3n) is 3.30. The Balaban J connectivity index is 2.07. The Morgan fingerprint density at radius 1 is 1.38 bits per heavy atom. The van der Waals surface area contributed by atoms with E-state index in [4.69, 9.17) is 17.3 Å². The van der Waals surface area contributed by atoms with Crippen LogP contribution in [0.5, 0.6) is 0 Å². The van der Waals surface area contributed by atoms with E-state index in [2.05, 4.69) is 0 Å². The SMILES string of the molecule is NC1(C(=O)Cc2cccc(Cl)c2)CCCC1. The minimum atomic E-state index is -0.581. The van der Waals surface area contributed by atoms with E-state index in [1.807, 2.05) is 24.3 Å². The van der Waals surface area contributed by atoms with E-state index in [0.29, 0.717) is 11.4 Å².